The van der Waals surface area contributed by atoms with Crippen molar-refractivity contribution in [2.75, 3.05) is 4.90 Å². The van der Waals surface area contributed by atoms with Crippen LogP contribution >= 0.6 is 0 Å². The smallest absolute Gasteiger partial charge is 0.169 e. The number of benzene rings is 10. The van der Waals surface area contributed by atoms with Gasteiger partial charge in [0.2, 0.25) is 0 Å². The van der Waals surface area contributed by atoms with Gasteiger partial charge in [-0.25, -0.2) is 9.98 Å². The number of nitrogens with zero attached hydrogens (tertiary/aromatic N) is 5. The minimum Gasteiger partial charge on any atom is -0.324 e. The van der Waals surface area contributed by atoms with Gasteiger partial charge in [0.05, 0.1) is 33.4 Å². The molecule has 14 rings (SSSR count). The quantitative estimate of drug-likeness (QED) is 0.173. The minimum atomic E-state index is -0.436. The molecule has 0 unspecified atom stereocenters. The lowest BCUT2D eigenvalue weighted by molar-refractivity contribution is 0.757. The minimum absolute atomic E-state index is 0.436. The highest BCUT2D eigenvalue weighted by Gasteiger charge is 2.25. The number of aromatic nitrogens is 2. The molecule has 0 aliphatic carbocycles. The van der Waals surface area contributed by atoms with E-state index in [-0.39, 0.29) is 0 Å². The van der Waals surface area contributed by atoms with E-state index >= 15 is 0 Å². The summed E-state index contributed by atoms with van der Waals surface area (Å²) >= 11 is 0. The molecule has 0 spiro atoms. The van der Waals surface area contributed by atoms with Crippen molar-refractivity contribution >= 4 is 84.5 Å². The first kappa shape index (κ1) is 40.5. The first-order chi connectivity index (χ1) is 35.2. The van der Waals surface area contributed by atoms with Crippen molar-refractivity contribution < 1.29 is 0 Å². The van der Waals surface area contributed by atoms with Gasteiger partial charge in [0.15, 0.2) is 6.17 Å². The average molecular weight is 909 g/mol. The molecule has 6 nitrogen and oxygen atoms in total. The molecular formula is C65H44N6. The number of hydrogen-bond acceptors (Lipinski definition) is 4. The number of anilines is 3. The van der Waals surface area contributed by atoms with Crippen LogP contribution in [0.3, 0.4) is 0 Å². The number of para-hydroxylation sites is 4. The van der Waals surface area contributed by atoms with Crippen molar-refractivity contribution in [1.29, 1.82) is 0 Å². The SMILES string of the molecule is C1=Cc2cc3c(cc2N(c2ccccc2)c2ccc(-c4ccc5c6cc(C7N=C(c8ccccc8)NC(c8ccccc8)=N7)ccc6n(-c6ccccc6)c5c4)cc21)c1ccccc1n3-c1ccccc1. The van der Waals surface area contributed by atoms with Gasteiger partial charge in [-0.3, -0.25) is 0 Å². The number of nitrogens with one attached hydrogen (secondary N) is 1. The van der Waals surface area contributed by atoms with Crippen LogP contribution in [0, 0.1) is 0 Å². The molecular weight excluding hydrogens is 865 g/mol. The maximum atomic E-state index is 5.22. The largest absolute Gasteiger partial charge is 0.324 e. The van der Waals surface area contributed by atoms with E-state index in [1.54, 1.807) is 0 Å². The van der Waals surface area contributed by atoms with Crippen LogP contribution < -0.4 is 10.2 Å². The van der Waals surface area contributed by atoms with E-state index in [1.807, 2.05) is 36.4 Å². The normalized spacial score (nSPS) is 13.5. The van der Waals surface area contributed by atoms with E-state index in [2.05, 4.69) is 238 Å². The van der Waals surface area contributed by atoms with Crippen LogP contribution in [-0.2, 0) is 0 Å². The molecule has 2 aromatic heterocycles. The summed E-state index contributed by atoms with van der Waals surface area (Å²) in [6.07, 6.45) is 4.15. The molecule has 0 atom stereocenters. The molecule has 0 amide bonds. The molecule has 1 N–H and O–H groups in total. The Labute approximate surface area is 411 Å². The monoisotopic (exact) mass is 908 g/mol. The van der Waals surface area contributed by atoms with Gasteiger partial charge in [-0.15, -0.1) is 0 Å². The zero-order valence-corrected chi connectivity index (χ0v) is 38.6. The average Bonchev–Trinajstić information content (AvgIpc) is 3.89. The number of fused-ring (bicyclic) bond motifs is 8. The Morgan fingerprint density at radius 1 is 0.324 bits per heavy atom. The van der Waals surface area contributed by atoms with Crippen LogP contribution in [0.25, 0.3) is 78.3 Å². The molecule has 0 saturated heterocycles. The lowest BCUT2D eigenvalue weighted by Gasteiger charge is -2.28. The molecule has 71 heavy (non-hydrogen) atoms. The fraction of sp³-hybridized carbons (Fsp3) is 0.0154. The van der Waals surface area contributed by atoms with Crippen LogP contribution in [0.1, 0.15) is 34.0 Å². The maximum absolute atomic E-state index is 5.22. The molecule has 334 valence electrons. The molecule has 0 saturated carbocycles. The summed E-state index contributed by atoms with van der Waals surface area (Å²) in [5.41, 5.74) is 17.9. The van der Waals surface area contributed by atoms with Crippen molar-refractivity contribution in [3.05, 3.63) is 270 Å². The van der Waals surface area contributed by atoms with Gasteiger partial charge in [-0.2, -0.15) is 0 Å². The van der Waals surface area contributed by atoms with E-state index in [4.69, 9.17) is 9.98 Å². The molecule has 12 aromatic rings. The highest BCUT2D eigenvalue weighted by Crippen LogP contribution is 2.47. The fourth-order valence-corrected chi connectivity index (χ4v) is 10.8. The predicted molar refractivity (Wildman–Crippen MR) is 296 cm³/mol. The topological polar surface area (TPSA) is 49.8 Å². The van der Waals surface area contributed by atoms with E-state index in [0.717, 1.165) is 95.5 Å². The van der Waals surface area contributed by atoms with E-state index in [9.17, 15) is 0 Å². The zero-order chi connectivity index (χ0) is 46.8. The molecule has 0 fully saturated rings. The van der Waals surface area contributed by atoms with Crippen molar-refractivity contribution in [2.24, 2.45) is 9.98 Å². The number of aliphatic imine (C=N–C) groups is 2. The highest BCUT2D eigenvalue weighted by molar-refractivity contribution is 6.16. The zero-order valence-electron chi connectivity index (χ0n) is 38.6. The van der Waals surface area contributed by atoms with Crippen molar-refractivity contribution in [3.8, 4) is 22.5 Å². The van der Waals surface area contributed by atoms with Crippen LogP contribution in [0.4, 0.5) is 17.1 Å². The lowest BCUT2D eigenvalue weighted by Crippen LogP contribution is -2.35. The van der Waals surface area contributed by atoms with E-state index in [0.29, 0.717) is 0 Å². The highest BCUT2D eigenvalue weighted by atomic mass is 15.2. The standard InChI is InChI=1S/C65H44N6/c1-6-18-43(19-7-1)63-66-64(44-20-8-2-9-21-44)68-65(67-63)49-34-37-59-55(39-49)54-35-32-46(40-61(54)71(59)52-26-14-5-15-27-52)45-33-36-57-47(38-45)30-31-48-41-62-56(42-60(48)69(57)50-22-10-3-11-23-50)53-28-16-17-29-58(53)70(62)51-24-12-4-13-25-51/h1-42,65H,(H,66,67,68). The summed E-state index contributed by atoms with van der Waals surface area (Å²) in [5, 5.41) is 8.32. The molecule has 2 aliphatic rings. The van der Waals surface area contributed by atoms with Gasteiger partial charge in [-0.1, -0.05) is 170 Å². The summed E-state index contributed by atoms with van der Waals surface area (Å²) in [5.74, 6) is 1.60. The van der Waals surface area contributed by atoms with Crippen molar-refractivity contribution in [1.82, 2.24) is 14.5 Å². The van der Waals surface area contributed by atoms with Crippen LogP contribution in [-0.4, -0.2) is 20.8 Å². The second kappa shape index (κ2) is 16.6. The molecule has 0 radical (unpaired) electrons. The second-order valence-corrected chi connectivity index (χ2v) is 18.3. The molecule has 6 heteroatoms. The van der Waals surface area contributed by atoms with Crippen LogP contribution in [0.15, 0.2) is 253 Å². The van der Waals surface area contributed by atoms with Crippen molar-refractivity contribution in [3.63, 3.8) is 0 Å². The Morgan fingerprint density at radius 2 is 0.817 bits per heavy atom. The van der Waals surface area contributed by atoms with Crippen LogP contribution in [0.2, 0.25) is 0 Å². The third-order valence-corrected chi connectivity index (χ3v) is 14.1. The first-order valence-corrected chi connectivity index (χ1v) is 24.2. The Hall–Kier alpha value is -9.52. The summed E-state index contributed by atoms with van der Waals surface area (Å²) in [7, 11) is 0. The van der Waals surface area contributed by atoms with Gasteiger partial charge in [0, 0.05) is 55.3 Å². The summed E-state index contributed by atoms with van der Waals surface area (Å²) in [6.45, 7) is 0. The van der Waals surface area contributed by atoms with Gasteiger partial charge in [-0.05, 0) is 107 Å². The predicted octanol–water partition coefficient (Wildman–Crippen LogP) is 16.0. The third-order valence-electron chi connectivity index (χ3n) is 14.1. The fourth-order valence-electron chi connectivity index (χ4n) is 10.8. The number of amidine groups is 2. The molecule has 0 bridgehead atoms. The first-order valence-electron chi connectivity index (χ1n) is 24.2. The van der Waals surface area contributed by atoms with Gasteiger partial charge >= 0.3 is 0 Å². The summed E-state index contributed by atoms with van der Waals surface area (Å²) < 4.78 is 4.79. The second-order valence-electron chi connectivity index (χ2n) is 18.3. The van der Waals surface area contributed by atoms with Crippen molar-refractivity contribution in [2.45, 2.75) is 6.17 Å². The Morgan fingerprint density at radius 3 is 1.46 bits per heavy atom. The van der Waals surface area contributed by atoms with Gasteiger partial charge in [0.25, 0.3) is 0 Å². The number of rotatable bonds is 7. The lowest BCUT2D eigenvalue weighted by atomic mass is 9.99. The summed E-state index contributed by atoms with van der Waals surface area (Å²) in [6, 6.07) is 86.8. The molecule has 4 heterocycles. The molecule has 10 aromatic carbocycles. The van der Waals surface area contributed by atoms with E-state index < -0.39 is 6.17 Å². The van der Waals surface area contributed by atoms with E-state index in [1.165, 1.54) is 27.2 Å². The Bertz CT molecular complexity index is 4060. The Balaban J connectivity index is 0.909. The van der Waals surface area contributed by atoms with Crippen LogP contribution in [0.5, 0.6) is 0 Å². The summed E-state index contributed by atoms with van der Waals surface area (Å²) in [4.78, 5) is 12.9. The molecule has 2 aliphatic heterocycles. The maximum Gasteiger partial charge on any atom is 0.169 e. The number of hydrogen-bond donors (Lipinski definition) is 1. The van der Waals surface area contributed by atoms with Gasteiger partial charge in [0.1, 0.15) is 11.7 Å². The van der Waals surface area contributed by atoms with Gasteiger partial charge < -0.3 is 19.4 Å². The third kappa shape index (κ3) is 6.87. The Kier molecular flexibility index (Phi) is 9.49.